The van der Waals surface area contributed by atoms with Gasteiger partial charge in [-0.25, -0.2) is 9.59 Å². The van der Waals surface area contributed by atoms with Crippen LogP contribution in [0.25, 0.3) is 6.08 Å². The molecule has 4 N–H and O–H groups in total. The summed E-state index contributed by atoms with van der Waals surface area (Å²) in [5, 5.41) is 11.2. The molecule has 0 aliphatic carbocycles. The normalized spacial score (nSPS) is 10.3. The van der Waals surface area contributed by atoms with Crippen LogP contribution in [0.15, 0.2) is 30.3 Å². The smallest absolute Gasteiger partial charge is 0.328 e. The monoisotopic (exact) mass is 291 g/mol. The molecule has 1 aromatic rings. The second-order valence-electron chi connectivity index (χ2n) is 4.21. The number of carbonyl (C=O) groups is 3. The van der Waals surface area contributed by atoms with Gasteiger partial charge in [-0.15, -0.1) is 0 Å². The Balaban J connectivity index is 2.78. The first-order chi connectivity index (χ1) is 9.92. The van der Waals surface area contributed by atoms with Crippen molar-refractivity contribution in [2.45, 2.75) is 6.92 Å². The van der Waals surface area contributed by atoms with Crippen molar-refractivity contribution in [1.82, 2.24) is 4.90 Å². The number of nitrogens with one attached hydrogen (secondary N) is 1. The van der Waals surface area contributed by atoms with Crippen LogP contribution < -0.4 is 11.1 Å². The summed E-state index contributed by atoms with van der Waals surface area (Å²) in [6, 6.07) is 6.22. The molecule has 0 aromatic heterocycles. The molecular weight excluding hydrogens is 274 g/mol. The van der Waals surface area contributed by atoms with Gasteiger partial charge in [0.1, 0.15) is 6.54 Å². The van der Waals surface area contributed by atoms with Gasteiger partial charge in [0.05, 0.1) is 0 Å². The minimum atomic E-state index is -1.05. The van der Waals surface area contributed by atoms with E-state index in [0.717, 1.165) is 6.08 Å². The SMILES string of the molecule is CCN(CC(N)=O)C(=O)Nc1cccc(/C=C/C(=O)O)c1. The average Bonchev–Trinajstić information content (AvgIpc) is 2.42. The molecule has 1 rings (SSSR count). The topological polar surface area (TPSA) is 113 Å². The van der Waals surface area contributed by atoms with Crippen LogP contribution in [0.2, 0.25) is 0 Å². The summed E-state index contributed by atoms with van der Waals surface area (Å²) in [4.78, 5) is 34.5. The van der Waals surface area contributed by atoms with Crippen molar-refractivity contribution < 1.29 is 19.5 Å². The van der Waals surface area contributed by atoms with Gasteiger partial charge in [0.2, 0.25) is 5.91 Å². The van der Waals surface area contributed by atoms with E-state index in [2.05, 4.69) is 5.32 Å². The highest BCUT2D eigenvalue weighted by Gasteiger charge is 2.13. The van der Waals surface area contributed by atoms with Crippen molar-refractivity contribution in [3.05, 3.63) is 35.9 Å². The van der Waals surface area contributed by atoms with Crippen molar-refractivity contribution in [2.24, 2.45) is 5.73 Å². The van der Waals surface area contributed by atoms with Gasteiger partial charge >= 0.3 is 12.0 Å². The van der Waals surface area contributed by atoms with E-state index in [0.29, 0.717) is 17.8 Å². The summed E-state index contributed by atoms with van der Waals surface area (Å²) in [7, 11) is 0. The Labute approximate surface area is 122 Å². The van der Waals surface area contributed by atoms with Gasteiger partial charge in [-0.05, 0) is 30.7 Å². The fourth-order valence-electron chi connectivity index (χ4n) is 1.61. The molecule has 7 heteroatoms. The van der Waals surface area contributed by atoms with Gasteiger partial charge in [-0.1, -0.05) is 12.1 Å². The van der Waals surface area contributed by atoms with Gasteiger partial charge in [0.15, 0.2) is 0 Å². The first kappa shape index (κ1) is 16.2. The van der Waals surface area contributed by atoms with Crippen LogP contribution in [0, 0.1) is 0 Å². The van der Waals surface area contributed by atoms with Crippen molar-refractivity contribution in [2.75, 3.05) is 18.4 Å². The van der Waals surface area contributed by atoms with Gasteiger partial charge in [-0.3, -0.25) is 4.79 Å². The Morgan fingerprint density at radius 2 is 2.10 bits per heavy atom. The third-order valence-electron chi connectivity index (χ3n) is 2.57. The van der Waals surface area contributed by atoms with Crippen LogP contribution >= 0.6 is 0 Å². The van der Waals surface area contributed by atoms with Crippen LogP contribution in [0.3, 0.4) is 0 Å². The third-order valence-corrected chi connectivity index (χ3v) is 2.57. The molecule has 0 saturated carbocycles. The molecule has 0 heterocycles. The van der Waals surface area contributed by atoms with E-state index in [-0.39, 0.29) is 6.54 Å². The molecule has 7 nitrogen and oxygen atoms in total. The number of nitrogens with zero attached hydrogens (tertiary/aromatic N) is 1. The molecule has 0 spiro atoms. The molecule has 0 aliphatic heterocycles. The number of likely N-dealkylation sites (N-methyl/N-ethyl adjacent to an activating group) is 1. The van der Waals surface area contributed by atoms with Gasteiger partial charge in [0.25, 0.3) is 0 Å². The van der Waals surface area contributed by atoms with Crippen LogP contribution in [-0.2, 0) is 9.59 Å². The van der Waals surface area contributed by atoms with Crippen LogP contribution in [-0.4, -0.2) is 41.0 Å². The molecule has 0 atom stereocenters. The molecule has 112 valence electrons. The van der Waals surface area contributed by atoms with E-state index < -0.39 is 17.9 Å². The van der Waals surface area contributed by atoms with Gasteiger partial charge in [-0.2, -0.15) is 0 Å². The average molecular weight is 291 g/mol. The van der Waals surface area contributed by atoms with E-state index in [9.17, 15) is 14.4 Å². The lowest BCUT2D eigenvalue weighted by Crippen LogP contribution is -2.40. The molecule has 0 bridgehead atoms. The Morgan fingerprint density at radius 1 is 1.38 bits per heavy atom. The number of carbonyl (C=O) groups excluding carboxylic acids is 2. The quantitative estimate of drug-likeness (QED) is 0.682. The fraction of sp³-hybridized carbons (Fsp3) is 0.214. The summed E-state index contributed by atoms with van der Waals surface area (Å²) < 4.78 is 0. The number of nitrogens with two attached hydrogens (primary N) is 1. The number of hydrogen-bond acceptors (Lipinski definition) is 3. The molecule has 21 heavy (non-hydrogen) atoms. The molecule has 0 radical (unpaired) electrons. The predicted molar refractivity (Wildman–Crippen MR) is 78.6 cm³/mol. The number of amides is 3. The van der Waals surface area contributed by atoms with Crippen LogP contribution in [0.5, 0.6) is 0 Å². The highest BCUT2D eigenvalue weighted by atomic mass is 16.4. The zero-order valence-corrected chi connectivity index (χ0v) is 11.6. The fourth-order valence-corrected chi connectivity index (χ4v) is 1.61. The minimum absolute atomic E-state index is 0.166. The summed E-state index contributed by atoms with van der Waals surface area (Å²) in [5.74, 6) is -1.65. The molecule has 0 fully saturated rings. The van der Waals surface area contributed by atoms with E-state index in [1.807, 2.05) is 0 Å². The standard InChI is InChI=1S/C14H17N3O4/c1-2-17(9-12(15)18)14(21)16-11-5-3-4-10(8-11)6-7-13(19)20/h3-8H,2,9H2,1H3,(H2,15,18)(H,16,21)(H,19,20)/b7-6+. The maximum Gasteiger partial charge on any atom is 0.328 e. The van der Waals surface area contributed by atoms with Gasteiger partial charge in [0, 0.05) is 18.3 Å². The van der Waals surface area contributed by atoms with Crippen LogP contribution in [0.1, 0.15) is 12.5 Å². The second-order valence-corrected chi connectivity index (χ2v) is 4.21. The lowest BCUT2D eigenvalue weighted by atomic mass is 10.2. The molecular formula is C14H17N3O4. The highest BCUT2D eigenvalue weighted by molar-refractivity contribution is 5.92. The largest absolute Gasteiger partial charge is 0.478 e. The van der Waals surface area contributed by atoms with Crippen molar-refractivity contribution in [1.29, 1.82) is 0 Å². The van der Waals surface area contributed by atoms with Crippen molar-refractivity contribution in [3.8, 4) is 0 Å². The summed E-state index contributed by atoms with van der Waals surface area (Å²) in [6.45, 7) is 1.91. The summed E-state index contributed by atoms with van der Waals surface area (Å²) in [5.41, 5.74) is 6.20. The van der Waals surface area contributed by atoms with Crippen LogP contribution in [0.4, 0.5) is 10.5 Å². The maximum absolute atomic E-state index is 12.0. The minimum Gasteiger partial charge on any atom is -0.478 e. The lowest BCUT2D eigenvalue weighted by Gasteiger charge is -2.19. The molecule has 3 amide bonds. The lowest BCUT2D eigenvalue weighted by molar-refractivity contribution is -0.131. The zero-order valence-electron chi connectivity index (χ0n) is 11.6. The molecule has 0 saturated heterocycles. The molecule has 0 aliphatic rings. The molecule has 0 unspecified atom stereocenters. The number of benzene rings is 1. The Hall–Kier alpha value is -2.83. The number of carboxylic acid groups (broad SMARTS) is 1. The molecule has 1 aromatic carbocycles. The van der Waals surface area contributed by atoms with E-state index in [4.69, 9.17) is 10.8 Å². The maximum atomic E-state index is 12.0. The van der Waals surface area contributed by atoms with E-state index in [1.54, 1.807) is 31.2 Å². The number of urea groups is 1. The number of hydrogen-bond donors (Lipinski definition) is 3. The number of primary amides is 1. The Kier molecular flexibility index (Phi) is 5.94. The van der Waals surface area contributed by atoms with Crippen molar-refractivity contribution in [3.63, 3.8) is 0 Å². The number of anilines is 1. The van der Waals surface area contributed by atoms with E-state index >= 15 is 0 Å². The van der Waals surface area contributed by atoms with E-state index in [1.165, 1.54) is 11.0 Å². The number of carboxylic acids is 1. The van der Waals surface area contributed by atoms with Gasteiger partial charge < -0.3 is 21.1 Å². The number of rotatable bonds is 6. The van der Waals surface area contributed by atoms with Crippen molar-refractivity contribution >= 4 is 29.7 Å². The summed E-state index contributed by atoms with van der Waals surface area (Å²) >= 11 is 0. The Bertz CT molecular complexity index is 569. The third kappa shape index (κ3) is 5.77. The zero-order chi connectivity index (χ0) is 15.8. The number of aliphatic carboxylic acids is 1. The first-order valence-corrected chi connectivity index (χ1v) is 6.27. The second kappa shape index (κ2) is 7.68. The summed E-state index contributed by atoms with van der Waals surface area (Å²) in [6.07, 6.45) is 2.42. The highest BCUT2D eigenvalue weighted by Crippen LogP contribution is 2.12. The predicted octanol–water partition coefficient (Wildman–Crippen LogP) is 1.12. The Morgan fingerprint density at radius 3 is 2.67 bits per heavy atom. The first-order valence-electron chi connectivity index (χ1n) is 6.27.